The Labute approximate surface area is 197 Å². The molecule has 3 aromatic rings. The highest BCUT2D eigenvalue weighted by Gasteiger charge is 2.28. The summed E-state index contributed by atoms with van der Waals surface area (Å²) in [5.41, 5.74) is 4.66. The number of aryl methyl sites for hydroxylation is 1. The molecule has 1 atom stereocenters. The fourth-order valence-corrected chi connectivity index (χ4v) is 3.79. The summed E-state index contributed by atoms with van der Waals surface area (Å²) in [5, 5.41) is 6.23. The average molecular weight is 446 g/mol. The number of nitrogens with one attached hydrogen (secondary N) is 2. The molecule has 0 saturated carbocycles. The smallest absolute Gasteiger partial charge is 0.319 e. The van der Waals surface area contributed by atoms with Crippen LogP contribution in [0.25, 0.3) is 11.1 Å². The number of carbonyl (C=O) groups excluding carboxylic acids is 1. The standard InChI is InChI=1S/C28H35N3O2/c1-6-7-17-33-22-14-15-25(24(18-22)23-13-9-8-11-20(23)2)30-27(32)31-26(28(3,4)5)21-12-10-16-29-19-21/h8-16,18-19,26H,6-7,17H2,1-5H3,(H2,30,31,32). The molecule has 0 saturated heterocycles. The number of amides is 2. The van der Waals surface area contributed by atoms with Gasteiger partial charge in [0.15, 0.2) is 0 Å². The number of hydrogen-bond donors (Lipinski definition) is 2. The molecule has 5 nitrogen and oxygen atoms in total. The third-order valence-electron chi connectivity index (χ3n) is 5.60. The summed E-state index contributed by atoms with van der Waals surface area (Å²) in [6, 6.07) is 17.4. The summed E-state index contributed by atoms with van der Waals surface area (Å²) >= 11 is 0. The molecule has 0 fully saturated rings. The second kappa shape index (κ2) is 11.0. The summed E-state index contributed by atoms with van der Waals surface area (Å²) in [5.74, 6) is 0.801. The van der Waals surface area contributed by atoms with Crippen molar-refractivity contribution in [1.29, 1.82) is 0 Å². The van der Waals surface area contributed by atoms with Gasteiger partial charge in [0.1, 0.15) is 5.75 Å². The number of nitrogens with zero attached hydrogens (tertiary/aromatic N) is 1. The zero-order valence-electron chi connectivity index (χ0n) is 20.3. The van der Waals surface area contributed by atoms with Crippen molar-refractivity contribution in [2.45, 2.75) is 53.5 Å². The monoisotopic (exact) mass is 445 g/mol. The van der Waals surface area contributed by atoms with Crippen molar-refractivity contribution in [1.82, 2.24) is 10.3 Å². The Hall–Kier alpha value is -3.34. The molecule has 3 rings (SSSR count). The summed E-state index contributed by atoms with van der Waals surface area (Å²) in [6.45, 7) is 11.2. The van der Waals surface area contributed by atoms with E-state index in [0.717, 1.165) is 46.5 Å². The van der Waals surface area contributed by atoms with Crippen molar-refractivity contribution in [3.05, 3.63) is 78.1 Å². The van der Waals surface area contributed by atoms with Gasteiger partial charge < -0.3 is 15.4 Å². The normalized spacial score (nSPS) is 12.2. The van der Waals surface area contributed by atoms with E-state index in [0.29, 0.717) is 6.61 Å². The van der Waals surface area contributed by atoms with E-state index < -0.39 is 0 Å². The van der Waals surface area contributed by atoms with E-state index >= 15 is 0 Å². The van der Waals surface area contributed by atoms with Crippen LogP contribution in [0.2, 0.25) is 0 Å². The number of hydrogen-bond acceptors (Lipinski definition) is 3. The van der Waals surface area contributed by atoms with E-state index in [2.05, 4.69) is 62.4 Å². The van der Waals surface area contributed by atoms with E-state index in [1.165, 1.54) is 0 Å². The lowest BCUT2D eigenvalue weighted by atomic mass is 9.83. The highest BCUT2D eigenvalue weighted by atomic mass is 16.5. The molecule has 0 aliphatic heterocycles. The molecule has 1 unspecified atom stereocenters. The minimum absolute atomic E-state index is 0.184. The third-order valence-corrected chi connectivity index (χ3v) is 5.60. The fraction of sp³-hybridized carbons (Fsp3) is 0.357. The topological polar surface area (TPSA) is 63.2 Å². The zero-order chi connectivity index (χ0) is 23.8. The Bertz CT molecular complexity index is 1060. The van der Waals surface area contributed by atoms with Crippen LogP contribution in [0.4, 0.5) is 10.5 Å². The molecular weight excluding hydrogens is 410 g/mol. The van der Waals surface area contributed by atoms with Crippen LogP contribution >= 0.6 is 0 Å². The number of pyridine rings is 1. The molecule has 2 aromatic carbocycles. The van der Waals surface area contributed by atoms with Crippen LogP contribution in [0.5, 0.6) is 5.75 Å². The molecule has 33 heavy (non-hydrogen) atoms. The lowest BCUT2D eigenvalue weighted by Gasteiger charge is -2.31. The highest BCUT2D eigenvalue weighted by molar-refractivity contribution is 5.95. The summed E-state index contributed by atoms with van der Waals surface area (Å²) in [4.78, 5) is 17.4. The predicted octanol–water partition coefficient (Wildman–Crippen LogP) is 7.14. The first-order chi connectivity index (χ1) is 15.8. The molecule has 0 aliphatic carbocycles. The van der Waals surface area contributed by atoms with E-state index in [1.54, 1.807) is 12.4 Å². The van der Waals surface area contributed by atoms with Gasteiger partial charge in [-0.15, -0.1) is 0 Å². The molecule has 0 radical (unpaired) electrons. The van der Waals surface area contributed by atoms with Gasteiger partial charge in [-0.05, 0) is 59.7 Å². The second-order valence-electron chi connectivity index (χ2n) is 9.41. The van der Waals surface area contributed by atoms with E-state index in [9.17, 15) is 4.79 Å². The lowest BCUT2D eigenvalue weighted by molar-refractivity contribution is 0.229. The van der Waals surface area contributed by atoms with Crippen LogP contribution in [0, 0.1) is 12.3 Å². The molecule has 0 spiro atoms. The van der Waals surface area contributed by atoms with Gasteiger partial charge in [0, 0.05) is 18.0 Å². The van der Waals surface area contributed by atoms with Crippen LogP contribution in [0.1, 0.15) is 57.7 Å². The summed E-state index contributed by atoms with van der Waals surface area (Å²) < 4.78 is 5.94. The van der Waals surface area contributed by atoms with Crippen molar-refractivity contribution in [2.24, 2.45) is 5.41 Å². The number of benzene rings is 2. The van der Waals surface area contributed by atoms with Crippen molar-refractivity contribution in [3.63, 3.8) is 0 Å². The minimum atomic E-state index is -0.256. The molecule has 1 heterocycles. The van der Waals surface area contributed by atoms with Crippen LogP contribution in [-0.2, 0) is 0 Å². The Kier molecular flexibility index (Phi) is 8.10. The molecular formula is C28H35N3O2. The Morgan fingerprint density at radius 1 is 1.06 bits per heavy atom. The Morgan fingerprint density at radius 3 is 2.52 bits per heavy atom. The van der Waals surface area contributed by atoms with Crippen molar-refractivity contribution in [3.8, 4) is 16.9 Å². The number of urea groups is 1. The Balaban J connectivity index is 1.88. The second-order valence-corrected chi connectivity index (χ2v) is 9.41. The van der Waals surface area contributed by atoms with Gasteiger partial charge >= 0.3 is 6.03 Å². The molecule has 2 N–H and O–H groups in total. The predicted molar refractivity (Wildman–Crippen MR) is 136 cm³/mol. The van der Waals surface area contributed by atoms with Gasteiger partial charge in [-0.2, -0.15) is 0 Å². The number of ether oxygens (including phenoxy) is 1. The number of aromatic nitrogens is 1. The quantitative estimate of drug-likeness (QED) is 0.362. The first kappa shape index (κ1) is 24.3. The van der Waals surface area contributed by atoms with Gasteiger partial charge in [-0.3, -0.25) is 4.98 Å². The number of rotatable bonds is 8. The minimum Gasteiger partial charge on any atom is -0.494 e. The van der Waals surface area contributed by atoms with Gasteiger partial charge in [0.25, 0.3) is 0 Å². The maximum atomic E-state index is 13.1. The number of unbranched alkanes of at least 4 members (excludes halogenated alkanes) is 1. The lowest BCUT2D eigenvalue weighted by Crippen LogP contribution is -2.39. The molecule has 1 aromatic heterocycles. The number of carbonyl (C=O) groups is 1. The van der Waals surface area contributed by atoms with E-state index in [-0.39, 0.29) is 17.5 Å². The fourth-order valence-electron chi connectivity index (χ4n) is 3.79. The molecule has 0 aliphatic rings. The molecule has 2 amide bonds. The molecule has 0 bridgehead atoms. The maximum Gasteiger partial charge on any atom is 0.319 e. The van der Waals surface area contributed by atoms with Crippen molar-refractivity contribution in [2.75, 3.05) is 11.9 Å². The van der Waals surface area contributed by atoms with Crippen LogP contribution < -0.4 is 15.4 Å². The van der Waals surface area contributed by atoms with Crippen molar-refractivity contribution >= 4 is 11.7 Å². The van der Waals surface area contributed by atoms with Crippen LogP contribution in [0.3, 0.4) is 0 Å². The van der Waals surface area contributed by atoms with Crippen LogP contribution in [0.15, 0.2) is 67.0 Å². The van der Waals surface area contributed by atoms with Crippen molar-refractivity contribution < 1.29 is 9.53 Å². The molecule has 5 heteroatoms. The van der Waals surface area contributed by atoms with E-state index in [4.69, 9.17) is 4.74 Å². The highest BCUT2D eigenvalue weighted by Crippen LogP contribution is 2.35. The largest absolute Gasteiger partial charge is 0.494 e. The SMILES string of the molecule is CCCCOc1ccc(NC(=O)NC(c2cccnc2)C(C)(C)C)c(-c2ccccc2C)c1. The summed E-state index contributed by atoms with van der Waals surface area (Å²) in [6.07, 6.45) is 5.63. The summed E-state index contributed by atoms with van der Waals surface area (Å²) in [7, 11) is 0. The maximum absolute atomic E-state index is 13.1. The first-order valence-corrected chi connectivity index (χ1v) is 11.6. The van der Waals surface area contributed by atoms with Gasteiger partial charge in [-0.1, -0.05) is 64.4 Å². The third kappa shape index (κ3) is 6.58. The zero-order valence-corrected chi connectivity index (χ0v) is 20.3. The molecule has 174 valence electrons. The van der Waals surface area contributed by atoms with E-state index in [1.807, 2.05) is 42.5 Å². The van der Waals surface area contributed by atoms with Crippen LogP contribution in [-0.4, -0.2) is 17.6 Å². The first-order valence-electron chi connectivity index (χ1n) is 11.6. The van der Waals surface area contributed by atoms with Gasteiger partial charge in [0.05, 0.1) is 18.3 Å². The average Bonchev–Trinajstić information content (AvgIpc) is 2.79. The number of anilines is 1. The Morgan fingerprint density at radius 2 is 1.85 bits per heavy atom. The van der Waals surface area contributed by atoms with Gasteiger partial charge in [-0.25, -0.2) is 4.79 Å². The van der Waals surface area contributed by atoms with Gasteiger partial charge in [0.2, 0.25) is 0 Å².